The number of rotatable bonds is 12. The molecule has 0 aliphatic rings. The molecule has 200 valence electrons. The summed E-state index contributed by atoms with van der Waals surface area (Å²) < 4.78 is 0. The molecular formula is C22H24N8O7S. The Morgan fingerprint density at radius 1 is 1.05 bits per heavy atom. The third-order valence-corrected chi connectivity index (χ3v) is 5.54. The summed E-state index contributed by atoms with van der Waals surface area (Å²) in [6.07, 6.45) is 0.768. The van der Waals surface area contributed by atoms with Crippen LogP contribution in [0.1, 0.15) is 28.9 Å². The fourth-order valence-electron chi connectivity index (χ4n) is 3.22. The normalized spacial score (nSPS) is 12.3. The van der Waals surface area contributed by atoms with Crippen molar-refractivity contribution < 1.29 is 29.4 Å². The molecule has 38 heavy (non-hydrogen) atoms. The maximum absolute atomic E-state index is 12.7. The summed E-state index contributed by atoms with van der Waals surface area (Å²) in [7, 11) is 0. The van der Waals surface area contributed by atoms with Gasteiger partial charge in [-0.25, -0.2) is 14.8 Å². The van der Waals surface area contributed by atoms with Crippen molar-refractivity contribution in [2.24, 2.45) is 0 Å². The zero-order valence-corrected chi connectivity index (χ0v) is 20.6. The topological polar surface area (TPSA) is 242 Å². The first-order chi connectivity index (χ1) is 18.1. The summed E-state index contributed by atoms with van der Waals surface area (Å²) in [5.74, 6) is -4.26. The third-order valence-electron chi connectivity index (χ3n) is 5.17. The number of hydrogen-bond acceptors (Lipinski definition) is 11. The number of carboxylic acid groups (broad SMARTS) is 2. The molecule has 3 rings (SSSR count). The summed E-state index contributed by atoms with van der Waals surface area (Å²) in [6.45, 7) is 0.200. The van der Waals surface area contributed by atoms with Crippen molar-refractivity contribution in [3.8, 4) is 0 Å². The van der Waals surface area contributed by atoms with E-state index < -0.39 is 47.8 Å². The summed E-state index contributed by atoms with van der Waals surface area (Å²) in [5, 5.41) is 25.8. The van der Waals surface area contributed by atoms with Crippen molar-refractivity contribution in [1.29, 1.82) is 0 Å². The lowest BCUT2D eigenvalue weighted by molar-refractivity contribution is -0.142. The van der Waals surface area contributed by atoms with Gasteiger partial charge < -0.3 is 31.9 Å². The highest BCUT2D eigenvalue weighted by Gasteiger charge is 2.26. The quantitative estimate of drug-likeness (QED) is 0.133. The van der Waals surface area contributed by atoms with E-state index in [1.54, 1.807) is 12.1 Å². The first kappa shape index (κ1) is 27.9. The lowest BCUT2D eigenvalue weighted by atomic mass is 10.1. The van der Waals surface area contributed by atoms with Crippen molar-refractivity contribution >= 4 is 59.2 Å². The Hall–Kier alpha value is -4.73. The number of nitrogen functional groups attached to an aromatic ring is 1. The van der Waals surface area contributed by atoms with Crippen LogP contribution >= 0.6 is 12.6 Å². The Morgan fingerprint density at radius 2 is 1.76 bits per heavy atom. The van der Waals surface area contributed by atoms with Crippen LogP contribution in [0.2, 0.25) is 0 Å². The SMILES string of the molecule is Nc1nc2ncc(CNc3ccc(C(=O)NC(CCC(=O)O)C(=O)NC(CS)C(=O)O)cc3)nc2c(=O)[nH]1. The van der Waals surface area contributed by atoms with E-state index >= 15 is 0 Å². The van der Waals surface area contributed by atoms with Gasteiger partial charge in [0, 0.05) is 23.4 Å². The number of anilines is 2. The molecule has 2 aromatic heterocycles. The maximum Gasteiger partial charge on any atom is 0.327 e. The molecule has 0 aliphatic heterocycles. The first-order valence-corrected chi connectivity index (χ1v) is 11.7. The number of aliphatic carboxylic acids is 2. The molecule has 2 atom stereocenters. The Morgan fingerprint density at radius 3 is 2.39 bits per heavy atom. The van der Waals surface area contributed by atoms with Gasteiger partial charge in [-0.3, -0.25) is 24.2 Å². The van der Waals surface area contributed by atoms with Gasteiger partial charge in [0.2, 0.25) is 11.9 Å². The number of thiol groups is 1. The number of nitrogens with one attached hydrogen (secondary N) is 4. The Labute approximate surface area is 219 Å². The largest absolute Gasteiger partial charge is 0.481 e. The molecule has 0 aliphatic carbocycles. The highest BCUT2D eigenvalue weighted by Crippen LogP contribution is 2.12. The van der Waals surface area contributed by atoms with Crippen LogP contribution in [0.5, 0.6) is 0 Å². The lowest BCUT2D eigenvalue weighted by Gasteiger charge is -2.20. The van der Waals surface area contributed by atoms with Gasteiger partial charge in [0.1, 0.15) is 12.1 Å². The molecule has 0 saturated carbocycles. The third kappa shape index (κ3) is 7.39. The molecule has 0 spiro atoms. The molecule has 16 heteroatoms. The Bertz CT molecular complexity index is 1410. The van der Waals surface area contributed by atoms with E-state index in [9.17, 15) is 24.0 Å². The molecule has 0 radical (unpaired) electrons. The minimum atomic E-state index is -1.32. The number of hydrogen-bond donors (Lipinski definition) is 8. The van der Waals surface area contributed by atoms with Crippen LogP contribution in [0.4, 0.5) is 11.6 Å². The van der Waals surface area contributed by atoms with Crippen LogP contribution in [0.25, 0.3) is 11.2 Å². The van der Waals surface area contributed by atoms with Crippen LogP contribution in [0.3, 0.4) is 0 Å². The predicted molar refractivity (Wildman–Crippen MR) is 138 cm³/mol. The summed E-state index contributed by atoms with van der Waals surface area (Å²) in [6, 6.07) is 3.54. The second-order valence-electron chi connectivity index (χ2n) is 7.96. The van der Waals surface area contributed by atoms with Gasteiger partial charge in [-0.2, -0.15) is 17.6 Å². The van der Waals surface area contributed by atoms with E-state index in [2.05, 4.69) is 48.5 Å². The van der Waals surface area contributed by atoms with Crippen LogP contribution in [-0.2, 0) is 20.9 Å². The number of benzene rings is 1. The van der Waals surface area contributed by atoms with Gasteiger partial charge in [0.05, 0.1) is 18.4 Å². The van der Waals surface area contributed by atoms with Crippen LogP contribution < -0.4 is 27.2 Å². The number of carbonyl (C=O) groups excluding carboxylic acids is 2. The zero-order chi connectivity index (χ0) is 27.8. The summed E-state index contributed by atoms with van der Waals surface area (Å²) >= 11 is 3.87. The number of aromatic nitrogens is 4. The lowest BCUT2D eigenvalue weighted by Crippen LogP contribution is -2.52. The molecule has 2 heterocycles. The van der Waals surface area contributed by atoms with Gasteiger partial charge in [0.25, 0.3) is 11.5 Å². The molecule has 2 amide bonds. The van der Waals surface area contributed by atoms with Gasteiger partial charge in [-0.1, -0.05) is 0 Å². The number of nitrogens with zero attached hydrogens (tertiary/aromatic N) is 3. The van der Waals surface area contributed by atoms with E-state index in [0.29, 0.717) is 11.4 Å². The van der Waals surface area contributed by atoms with Crippen LogP contribution in [0, 0.1) is 0 Å². The molecule has 0 bridgehead atoms. The Kier molecular flexibility index (Phi) is 9.15. The van der Waals surface area contributed by atoms with Crippen molar-refractivity contribution in [2.75, 3.05) is 16.8 Å². The Balaban J connectivity index is 1.64. The average Bonchev–Trinajstić information content (AvgIpc) is 2.88. The molecule has 0 fully saturated rings. The second kappa shape index (κ2) is 12.5. The van der Waals surface area contributed by atoms with Crippen molar-refractivity contribution in [1.82, 2.24) is 30.6 Å². The van der Waals surface area contributed by atoms with Crippen molar-refractivity contribution in [3.05, 3.63) is 52.1 Å². The van der Waals surface area contributed by atoms with E-state index in [0.717, 1.165) is 0 Å². The minimum Gasteiger partial charge on any atom is -0.481 e. The number of aromatic amines is 1. The van der Waals surface area contributed by atoms with Gasteiger partial charge in [0.15, 0.2) is 11.2 Å². The van der Waals surface area contributed by atoms with E-state index in [4.69, 9.17) is 15.9 Å². The highest BCUT2D eigenvalue weighted by atomic mass is 32.1. The maximum atomic E-state index is 12.7. The van der Waals surface area contributed by atoms with E-state index in [1.807, 2.05) is 0 Å². The van der Waals surface area contributed by atoms with Crippen molar-refractivity contribution in [3.63, 3.8) is 0 Å². The predicted octanol–water partition coefficient (Wildman–Crippen LogP) is -0.630. The van der Waals surface area contributed by atoms with Gasteiger partial charge >= 0.3 is 11.9 Å². The highest BCUT2D eigenvalue weighted by molar-refractivity contribution is 7.80. The number of nitrogens with two attached hydrogens (primary N) is 1. The van der Waals surface area contributed by atoms with Gasteiger partial charge in [-0.05, 0) is 30.7 Å². The fraction of sp³-hybridized carbons (Fsp3) is 0.273. The molecule has 3 aromatic rings. The summed E-state index contributed by atoms with van der Waals surface area (Å²) in [4.78, 5) is 73.9. The fourth-order valence-corrected chi connectivity index (χ4v) is 3.47. The number of carbonyl (C=O) groups is 4. The van der Waals surface area contributed by atoms with Crippen LogP contribution in [0.15, 0.2) is 35.3 Å². The van der Waals surface area contributed by atoms with Crippen molar-refractivity contribution in [2.45, 2.75) is 31.5 Å². The second-order valence-corrected chi connectivity index (χ2v) is 8.32. The molecule has 8 N–H and O–H groups in total. The van der Waals surface area contributed by atoms with E-state index in [1.165, 1.54) is 18.3 Å². The molecule has 1 aromatic carbocycles. The molecule has 15 nitrogen and oxygen atoms in total. The minimum absolute atomic E-state index is 0.0380. The van der Waals surface area contributed by atoms with E-state index in [-0.39, 0.29) is 41.4 Å². The number of carboxylic acids is 2. The molecule has 0 saturated heterocycles. The number of fused-ring (bicyclic) bond motifs is 1. The molecule has 2 unspecified atom stereocenters. The van der Waals surface area contributed by atoms with Crippen LogP contribution in [-0.4, -0.2) is 71.7 Å². The zero-order valence-electron chi connectivity index (χ0n) is 19.7. The summed E-state index contributed by atoms with van der Waals surface area (Å²) in [5.41, 5.74) is 6.35. The first-order valence-electron chi connectivity index (χ1n) is 11.1. The van der Waals surface area contributed by atoms with Gasteiger partial charge in [-0.15, -0.1) is 0 Å². The average molecular weight is 545 g/mol. The standard InChI is InChI=1S/C22H24N8O7S/c23-22-29-17-16(20(35)30-22)26-12(8-25-17)7-24-11-3-1-10(2-4-11)18(33)27-13(5-6-15(31)32)19(34)28-14(9-38)21(36)37/h1-4,8,13-14,24,38H,5-7,9H2,(H,27,33)(H,28,34)(H,31,32)(H,36,37)(H3,23,25,29,30,35). The number of H-pyrrole nitrogens is 1. The number of amides is 2. The molecular weight excluding hydrogens is 520 g/mol. The smallest absolute Gasteiger partial charge is 0.327 e. The monoisotopic (exact) mass is 544 g/mol.